The van der Waals surface area contributed by atoms with Gasteiger partial charge >= 0.3 is 0 Å². The number of aryl methyl sites for hydroxylation is 1. The molecule has 0 saturated carbocycles. The van der Waals surface area contributed by atoms with Crippen LogP contribution < -0.4 is 14.8 Å². The van der Waals surface area contributed by atoms with E-state index in [1.54, 1.807) is 7.11 Å². The van der Waals surface area contributed by atoms with E-state index in [2.05, 4.69) is 35.3 Å². The quantitative estimate of drug-likeness (QED) is 0.672. The Morgan fingerprint density at radius 2 is 1.96 bits per heavy atom. The highest BCUT2D eigenvalue weighted by Gasteiger charge is 2.24. The van der Waals surface area contributed by atoms with Crippen molar-refractivity contribution in [1.82, 2.24) is 10.2 Å². The van der Waals surface area contributed by atoms with E-state index >= 15 is 0 Å². The van der Waals surface area contributed by atoms with Crippen LogP contribution >= 0.6 is 0 Å². The van der Waals surface area contributed by atoms with E-state index in [1.165, 1.54) is 5.56 Å². The molecule has 1 fully saturated rings. The summed E-state index contributed by atoms with van der Waals surface area (Å²) >= 11 is 0. The van der Waals surface area contributed by atoms with Gasteiger partial charge in [0.2, 0.25) is 0 Å². The highest BCUT2D eigenvalue weighted by atomic mass is 16.5. The first-order valence-corrected chi connectivity index (χ1v) is 10.1. The zero-order valence-electron chi connectivity index (χ0n) is 17.2. The van der Waals surface area contributed by atoms with Gasteiger partial charge in [-0.15, -0.1) is 0 Å². The van der Waals surface area contributed by atoms with Crippen LogP contribution in [0.4, 0.5) is 0 Å². The molecule has 0 bridgehead atoms. The third kappa shape index (κ3) is 5.50. The Labute approximate surface area is 167 Å². The van der Waals surface area contributed by atoms with Gasteiger partial charge in [-0.2, -0.15) is 0 Å². The molecule has 1 unspecified atom stereocenters. The van der Waals surface area contributed by atoms with Gasteiger partial charge in [-0.25, -0.2) is 0 Å². The van der Waals surface area contributed by atoms with Crippen molar-refractivity contribution in [1.29, 1.82) is 0 Å². The van der Waals surface area contributed by atoms with Crippen LogP contribution in [-0.4, -0.2) is 51.5 Å². The molecular weight excluding hydrogens is 356 g/mol. The molecule has 3 rings (SSSR count). The Morgan fingerprint density at radius 3 is 2.64 bits per heavy atom. The molecule has 1 aliphatic heterocycles. The van der Waals surface area contributed by atoms with E-state index in [4.69, 9.17) is 18.6 Å². The summed E-state index contributed by atoms with van der Waals surface area (Å²) in [7, 11) is 1.67. The van der Waals surface area contributed by atoms with Gasteiger partial charge in [0, 0.05) is 26.2 Å². The van der Waals surface area contributed by atoms with Crippen molar-refractivity contribution in [3.63, 3.8) is 0 Å². The molecule has 1 saturated heterocycles. The van der Waals surface area contributed by atoms with Crippen LogP contribution in [0.3, 0.4) is 0 Å². The summed E-state index contributed by atoms with van der Waals surface area (Å²) in [5.41, 5.74) is 1.17. The lowest BCUT2D eigenvalue weighted by atomic mass is 10.1. The van der Waals surface area contributed by atoms with E-state index in [1.807, 2.05) is 19.1 Å². The molecule has 0 radical (unpaired) electrons. The number of furan rings is 1. The van der Waals surface area contributed by atoms with Crippen LogP contribution in [0.2, 0.25) is 0 Å². The first-order chi connectivity index (χ1) is 13.7. The maximum atomic E-state index is 5.94. The largest absolute Gasteiger partial charge is 0.493 e. The summed E-state index contributed by atoms with van der Waals surface area (Å²) in [6.07, 6.45) is 0.968. The topological polar surface area (TPSA) is 56.1 Å². The molecule has 1 aromatic carbocycles. The summed E-state index contributed by atoms with van der Waals surface area (Å²) < 4.78 is 22.7. The maximum Gasteiger partial charge on any atom is 0.161 e. The molecular formula is C22H32N2O4. The minimum Gasteiger partial charge on any atom is -0.493 e. The Hall–Kier alpha value is -2.02. The number of benzene rings is 1. The van der Waals surface area contributed by atoms with Crippen LogP contribution in [0.1, 0.15) is 36.5 Å². The normalized spacial score (nSPS) is 16.1. The standard InChI is InChI=1S/C22H32N2O4/c1-4-11-27-22-14-18(6-8-21(22)25-3)15-23-16-19(20-7-5-17(2)28-20)24-9-12-26-13-10-24/h5-8,14,19,23H,4,9-13,15-16H2,1-3H3. The predicted molar refractivity (Wildman–Crippen MR) is 109 cm³/mol. The van der Waals surface area contributed by atoms with Crippen molar-refractivity contribution in [3.05, 3.63) is 47.4 Å². The molecule has 6 nitrogen and oxygen atoms in total. The Bertz CT molecular complexity index is 725. The molecule has 2 heterocycles. The monoisotopic (exact) mass is 388 g/mol. The molecule has 1 aliphatic rings. The molecule has 28 heavy (non-hydrogen) atoms. The molecule has 1 atom stereocenters. The minimum absolute atomic E-state index is 0.201. The highest BCUT2D eigenvalue weighted by Crippen LogP contribution is 2.28. The van der Waals surface area contributed by atoms with Crippen molar-refractivity contribution in [2.75, 3.05) is 46.6 Å². The summed E-state index contributed by atoms with van der Waals surface area (Å²) in [5, 5.41) is 3.59. The third-order valence-electron chi connectivity index (χ3n) is 4.93. The van der Waals surface area contributed by atoms with Crippen LogP contribution in [0.5, 0.6) is 11.5 Å². The average Bonchev–Trinajstić information content (AvgIpc) is 3.16. The van der Waals surface area contributed by atoms with Crippen molar-refractivity contribution >= 4 is 0 Å². The van der Waals surface area contributed by atoms with Gasteiger partial charge in [0.15, 0.2) is 11.5 Å². The van der Waals surface area contributed by atoms with Gasteiger partial charge in [-0.3, -0.25) is 4.90 Å². The van der Waals surface area contributed by atoms with Crippen molar-refractivity contribution in [2.45, 2.75) is 32.9 Å². The smallest absolute Gasteiger partial charge is 0.161 e. The van der Waals surface area contributed by atoms with E-state index in [0.29, 0.717) is 6.61 Å². The van der Waals surface area contributed by atoms with Crippen LogP contribution in [-0.2, 0) is 11.3 Å². The molecule has 0 spiro atoms. The Kier molecular flexibility index (Phi) is 7.77. The van der Waals surface area contributed by atoms with Crippen molar-refractivity contribution in [2.24, 2.45) is 0 Å². The molecule has 0 aliphatic carbocycles. The molecule has 1 aromatic heterocycles. The highest BCUT2D eigenvalue weighted by molar-refractivity contribution is 5.43. The Morgan fingerprint density at radius 1 is 1.14 bits per heavy atom. The lowest BCUT2D eigenvalue weighted by molar-refractivity contribution is 0.0115. The van der Waals surface area contributed by atoms with Gasteiger partial charge in [0.25, 0.3) is 0 Å². The predicted octanol–water partition coefficient (Wildman–Crippen LogP) is 3.55. The summed E-state index contributed by atoms with van der Waals surface area (Å²) in [6.45, 7) is 9.72. The van der Waals surface area contributed by atoms with Gasteiger partial charge in [-0.1, -0.05) is 13.0 Å². The first-order valence-electron chi connectivity index (χ1n) is 10.1. The number of nitrogens with one attached hydrogen (secondary N) is 1. The van der Waals surface area contributed by atoms with Gasteiger partial charge in [-0.05, 0) is 43.2 Å². The van der Waals surface area contributed by atoms with Crippen LogP contribution in [0.15, 0.2) is 34.7 Å². The summed E-state index contributed by atoms with van der Waals surface area (Å²) in [6, 6.07) is 10.4. The number of ether oxygens (including phenoxy) is 3. The summed E-state index contributed by atoms with van der Waals surface area (Å²) in [4.78, 5) is 2.43. The fraction of sp³-hybridized carbons (Fsp3) is 0.545. The molecule has 2 aromatic rings. The SMILES string of the molecule is CCCOc1cc(CNCC(c2ccc(C)o2)N2CCOCC2)ccc1OC. The van der Waals surface area contributed by atoms with E-state index in [9.17, 15) is 0 Å². The van der Waals surface area contributed by atoms with Gasteiger partial charge < -0.3 is 23.9 Å². The zero-order valence-corrected chi connectivity index (χ0v) is 17.2. The fourth-order valence-electron chi connectivity index (χ4n) is 3.44. The van der Waals surface area contributed by atoms with E-state index in [0.717, 1.165) is 68.8 Å². The zero-order chi connectivity index (χ0) is 19.8. The number of morpholine rings is 1. The summed E-state index contributed by atoms with van der Waals surface area (Å²) in [5.74, 6) is 3.53. The number of rotatable bonds is 10. The van der Waals surface area contributed by atoms with Crippen LogP contribution in [0.25, 0.3) is 0 Å². The fourth-order valence-corrected chi connectivity index (χ4v) is 3.44. The second-order valence-electron chi connectivity index (χ2n) is 7.08. The number of methoxy groups -OCH3 is 1. The van der Waals surface area contributed by atoms with Crippen molar-refractivity contribution < 1.29 is 18.6 Å². The van der Waals surface area contributed by atoms with Crippen molar-refractivity contribution in [3.8, 4) is 11.5 Å². The number of nitrogens with zero attached hydrogens (tertiary/aromatic N) is 1. The minimum atomic E-state index is 0.201. The molecule has 6 heteroatoms. The molecule has 0 amide bonds. The van der Waals surface area contributed by atoms with E-state index < -0.39 is 0 Å². The number of hydrogen-bond donors (Lipinski definition) is 1. The average molecular weight is 389 g/mol. The van der Waals surface area contributed by atoms with Gasteiger partial charge in [0.05, 0.1) is 33.0 Å². The Balaban J connectivity index is 1.63. The second kappa shape index (κ2) is 10.5. The third-order valence-corrected chi connectivity index (χ3v) is 4.93. The first kappa shape index (κ1) is 20.7. The lowest BCUT2D eigenvalue weighted by Crippen LogP contribution is -2.42. The van der Waals surface area contributed by atoms with E-state index in [-0.39, 0.29) is 6.04 Å². The maximum absolute atomic E-state index is 5.94. The second-order valence-corrected chi connectivity index (χ2v) is 7.08. The number of hydrogen-bond acceptors (Lipinski definition) is 6. The molecule has 154 valence electrons. The molecule has 1 N–H and O–H groups in total. The van der Waals surface area contributed by atoms with Crippen LogP contribution in [0, 0.1) is 6.92 Å². The van der Waals surface area contributed by atoms with Gasteiger partial charge in [0.1, 0.15) is 11.5 Å². The lowest BCUT2D eigenvalue weighted by Gasteiger charge is -2.33.